The highest BCUT2D eigenvalue weighted by atomic mass is 19.4. The maximum atomic E-state index is 15.5. The number of hydrogen-bond donors (Lipinski definition) is 2. The van der Waals surface area contributed by atoms with Crippen LogP contribution in [0, 0.1) is 17.7 Å². The summed E-state index contributed by atoms with van der Waals surface area (Å²) in [6, 6.07) is 5.11. The van der Waals surface area contributed by atoms with Crippen LogP contribution in [-0.2, 0) is 12.8 Å². The number of aromatic nitrogens is 4. The number of carbonyl (C=O) groups excluding carboxylic acids is 1. The van der Waals surface area contributed by atoms with Crippen molar-refractivity contribution in [3.8, 4) is 23.1 Å². The molecule has 1 atom stereocenters. The van der Waals surface area contributed by atoms with E-state index in [-0.39, 0.29) is 28.7 Å². The van der Waals surface area contributed by atoms with Crippen LogP contribution in [0.25, 0.3) is 16.8 Å². The van der Waals surface area contributed by atoms with Crippen LogP contribution in [0.2, 0.25) is 0 Å². The van der Waals surface area contributed by atoms with Crippen molar-refractivity contribution in [3.05, 3.63) is 77.4 Å². The lowest BCUT2D eigenvalue weighted by Gasteiger charge is -2.21. The second-order valence-electron chi connectivity index (χ2n) is 9.20. The SMILES string of the molecule is CC#CCN1CCC[C@H]1c1nc(-c2ccc(C(=O)Nc3cc(C(F)(F)F)ccn3)cc2F)c2c(CO)nccn12. The molecule has 1 aliphatic rings. The lowest BCUT2D eigenvalue weighted by atomic mass is 10.1. The Morgan fingerprint density at radius 1 is 1.20 bits per heavy atom. The van der Waals surface area contributed by atoms with Gasteiger partial charge in [0.1, 0.15) is 23.2 Å². The Balaban J connectivity index is 1.51. The Labute approximate surface area is 226 Å². The number of hydrogen-bond acceptors (Lipinski definition) is 6. The van der Waals surface area contributed by atoms with E-state index in [4.69, 9.17) is 4.98 Å². The fourth-order valence-corrected chi connectivity index (χ4v) is 4.87. The number of amides is 1. The van der Waals surface area contributed by atoms with E-state index < -0.39 is 30.1 Å². The average molecular weight is 553 g/mol. The van der Waals surface area contributed by atoms with Gasteiger partial charge in [-0.1, -0.05) is 5.92 Å². The molecular formula is C28H24F4N6O2. The van der Waals surface area contributed by atoms with Gasteiger partial charge in [-0.3, -0.25) is 19.1 Å². The van der Waals surface area contributed by atoms with Crippen molar-refractivity contribution in [1.82, 2.24) is 24.3 Å². The Morgan fingerprint density at radius 2 is 2.02 bits per heavy atom. The van der Waals surface area contributed by atoms with E-state index in [9.17, 15) is 23.1 Å². The number of anilines is 1. The highest BCUT2D eigenvalue weighted by molar-refractivity contribution is 6.04. The van der Waals surface area contributed by atoms with Crippen molar-refractivity contribution in [2.75, 3.05) is 18.4 Å². The highest BCUT2D eigenvalue weighted by Crippen LogP contribution is 2.36. The molecule has 0 bridgehead atoms. The van der Waals surface area contributed by atoms with Crippen LogP contribution in [0.4, 0.5) is 23.4 Å². The molecule has 2 N–H and O–H groups in total. The van der Waals surface area contributed by atoms with Crippen LogP contribution in [0.1, 0.15) is 53.2 Å². The number of nitrogens with one attached hydrogen (secondary N) is 1. The number of imidazole rings is 1. The predicted molar refractivity (Wildman–Crippen MR) is 138 cm³/mol. The number of pyridine rings is 1. The normalized spacial score (nSPS) is 15.7. The summed E-state index contributed by atoms with van der Waals surface area (Å²) in [5.41, 5.74) is -0.00572. The molecule has 5 rings (SSSR count). The minimum Gasteiger partial charge on any atom is -0.390 e. The molecule has 8 nitrogen and oxygen atoms in total. The number of rotatable bonds is 6. The highest BCUT2D eigenvalue weighted by Gasteiger charge is 2.32. The van der Waals surface area contributed by atoms with Gasteiger partial charge in [-0.05, 0) is 56.6 Å². The molecular weight excluding hydrogens is 528 g/mol. The number of aliphatic hydroxyl groups excluding tert-OH is 1. The van der Waals surface area contributed by atoms with Gasteiger partial charge in [-0.25, -0.2) is 14.4 Å². The molecule has 12 heteroatoms. The molecule has 0 spiro atoms. The monoisotopic (exact) mass is 552 g/mol. The molecule has 1 fully saturated rings. The zero-order chi connectivity index (χ0) is 28.4. The molecule has 1 aromatic carbocycles. The molecule has 0 unspecified atom stereocenters. The van der Waals surface area contributed by atoms with Crippen molar-refractivity contribution in [3.63, 3.8) is 0 Å². The van der Waals surface area contributed by atoms with Crippen LogP contribution in [0.5, 0.6) is 0 Å². The summed E-state index contributed by atoms with van der Waals surface area (Å²) in [6.45, 7) is 2.77. The number of nitrogens with zero attached hydrogens (tertiary/aromatic N) is 5. The van der Waals surface area contributed by atoms with Crippen molar-refractivity contribution >= 4 is 17.2 Å². The summed E-state index contributed by atoms with van der Waals surface area (Å²) in [4.78, 5) is 27.7. The van der Waals surface area contributed by atoms with Crippen molar-refractivity contribution in [1.29, 1.82) is 0 Å². The Hall–Kier alpha value is -4.34. The number of likely N-dealkylation sites (tertiary alicyclic amines) is 1. The summed E-state index contributed by atoms with van der Waals surface area (Å²) in [5, 5.41) is 12.3. The predicted octanol–water partition coefficient (Wildman–Crippen LogP) is 4.85. The van der Waals surface area contributed by atoms with Crippen LogP contribution in [0.3, 0.4) is 0 Å². The average Bonchev–Trinajstić information content (AvgIpc) is 3.56. The minimum atomic E-state index is -4.61. The van der Waals surface area contributed by atoms with Gasteiger partial charge in [-0.2, -0.15) is 13.2 Å². The number of benzene rings is 1. The molecule has 40 heavy (non-hydrogen) atoms. The Kier molecular flexibility index (Phi) is 7.51. The molecule has 4 aromatic rings. The molecule has 0 radical (unpaired) electrons. The Morgan fingerprint density at radius 3 is 2.75 bits per heavy atom. The smallest absolute Gasteiger partial charge is 0.390 e. The first kappa shape index (κ1) is 27.2. The molecule has 1 amide bonds. The lowest BCUT2D eigenvalue weighted by molar-refractivity contribution is -0.137. The van der Waals surface area contributed by atoms with E-state index in [0.29, 0.717) is 29.6 Å². The van der Waals surface area contributed by atoms with E-state index in [1.165, 1.54) is 12.1 Å². The standard InChI is InChI=1S/C28H24F4N6O2/c1-2-3-11-37-12-4-5-22(37)26-36-24(25-21(16-39)33-10-13-38(25)26)19-7-6-17(14-20(19)29)27(40)35-23-15-18(8-9-34-23)28(30,31)32/h6-10,13-15,22,39H,4-5,11-12,16H2,1H3,(H,34,35,40)/t22-/m0/s1. The van der Waals surface area contributed by atoms with Gasteiger partial charge in [0, 0.05) is 29.7 Å². The van der Waals surface area contributed by atoms with Crippen LogP contribution < -0.4 is 5.32 Å². The number of carbonyl (C=O) groups is 1. The van der Waals surface area contributed by atoms with Crippen LogP contribution in [-0.4, -0.2) is 48.4 Å². The first-order chi connectivity index (χ1) is 19.2. The number of aliphatic hydroxyl groups is 1. The third-order valence-electron chi connectivity index (χ3n) is 6.74. The largest absolute Gasteiger partial charge is 0.416 e. The molecule has 1 saturated heterocycles. The quantitative estimate of drug-likeness (QED) is 0.262. The molecule has 3 aromatic heterocycles. The second-order valence-corrected chi connectivity index (χ2v) is 9.20. The summed E-state index contributed by atoms with van der Waals surface area (Å²) in [5.74, 6) is 4.72. The van der Waals surface area contributed by atoms with E-state index in [1.54, 1.807) is 23.7 Å². The van der Waals surface area contributed by atoms with Crippen molar-refractivity contribution in [2.24, 2.45) is 0 Å². The molecule has 0 saturated carbocycles. The lowest BCUT2D eigenvalue weighted by Crippen LogP contribution is -2.25. The van der Waals surface area contributed by atoms with Gasteiger partial charge >= 0.3 is 6.18 Å². The van der Waals surface area contributed by atoms with Crippen LogP contribution in [0.15, 0.2) is 48.9 Å². The number of alkyl halides is 3. The topological polar surface area (TPSA) is 95.7 Å². The second kappa shape index (κ2) is 11.0. The van der Waals surface area contributed by atoms with E-state index in [2.05, 4.69) is 32.0 Å². The fourth-order valence-electron chi connectivity index (χ4n) is 4.87. The molecule has 206 valence electrons. The van der Waals surface area contributed by atoms with Gasteiger partial charge in [-0.15, -0.1) is 5.92 Å². The van der Waals surface area contributed by atoms with Gasteiger partial charge in [0.25, 0.3) is 5.91 Å². The number of fused-ring (bicyclic) bond motifs is 1. The zero-order valence-corrected chi connectivity index (χ0v) is 21.3. The maximum Gasteiger partial charge on any atom is 0.416 e. The van der Waals surface area contributed by atoms with E-state index in [1.807, 2.05) is 0 Å². The van der Waals surface area contributed by atoms with Crippen molar-refractivity contribution < 1.29 is 27.5 Å². The summed E-state index contributed by atoms with van der Waals surface area (Å²) in [7, 11) is 0. The molecule has 1 aliphatic heterocycles. The summed E-state index contributed by atoms with van der Waals surface area (Å²) < 4.78 is 56.4. The van der Waals surface area contributed by atoms with E-state index in [0.717, 1.165) is 37.7 Å². The fraction of sp³-hybridized carbons (Fsp3) is 0.286. The molecule has 0 aliphatic carbocycles. The van der Waals surface area contributed by atoms with Gasteiger partial charge < -0.3 is 10.4 Å². The summed E-state index contributed by atoms with van der Waals surface area (Å²) in [6.07, 6.45) is 1.34. The van der Waals surface area contributed by atoms with Gasteiger partial charge in [0.05, 0.1) is 36.0 Å². The minimum absolute atomic E-state index is 0.0795. The summed E-state index contributed by atoms with van der Waals surface area (Å²) >= 11 is 0. The Bertz CT molecular complexity index is 1640. The third-order valence-corrected chi connectivity index (χ3v) is 6.74. The maximum absolute atomic E-state index is 15.5. The van der Waals surface area contributed by atoms with Gasteiger partial charge in [0.2, 0.25) is 0 Å². The first-order valence-electron chi connectivity index (χ1n) is 12.5. The van der Waals surface area contributed by atoms with Gasteiger partial charge in [0.15, 0.2) is 0 Å². The first-order valence-corrected chi connectivity index (χ1v) is 12.5. The van der Waals surface area contributed by atoms with Crippen LogP contribution >= 0.6 is 0 Å². The van der Waals surface area contributed by atoms with E-state index >= 15 is 4.39 Å². The number of halogens is 4. The zero-order valence-electron chi connectivity index (χ0n) is 21.3. The molecule has 4 heterocycles. The third kappa shape index (κ3) is 5.25. The van der Waals surface area contributed by atoms with Crippen molar-refractivity contribution in [2.45, 2.75) is 38.6 Å².